The number of primary sulfonamides is 1. The van der Waals surface area contributed by atoms with E-state index in [1.807, 2.05) is 0 Å². The molecule has 3 amide bonds. The number of benzene rings is 2. The van der Waals surface area contributed by atoms with Gasteiger partial charge in [-0.1, -0.05) is 0 Å². The summed E-state index contributed by atoms with van der Waals surface area (Å²) in [5.74, 6) is -0.832. The van der Waals surface area contributed by atoms with Crippen molar-refractivity contribution in [3.8, 4) is 0 Å². The van der Waals surface area contributed by atoms with E-state index >= 15 is 0 Å². The number of nitrogens with two attached hydrogens (primary N) is 1. The number of hydrogen-bond donors (Lipinski definition) is 3. The lowest BCUT2D eigenvalue weighted by Crippen LogP contribution is -2.32. The third-order valence-electron chi connectivity index (χ3n) is 4.39. The van der Waals surface area contributed by atoms with Crippen LogP contribution in [-0.2, 0) is 19.6 Å². The number of amides is 3. The van der Waals surface area contributed by atoms with Crippen LogP contribution in [0.25, 0.3) is 0 Å². The Morgan fingerprint density at radius 3 is 2.24 bits per heavy atom. The topological polar surface area (TPSA) is 139 Å². The van der Waals surface area contributed by atoms with Crippen LogP contribution in [0.3, 0.4) is 0 Å². The predicted octanol–water partition coefficient (Wildman–Crippen LogP) is 0.829. The summed E-state index contributed by atoms with van der Waals surface area (Å²) in [5, 5.41) is 10.1. The van der Waals surface area contributed by atoms with Crippen LogP contribution in [0.2, 0.25) is 0 Å². The molecule has 4 N–H and O–H groups in total. The van der Waals surface area contributed by atoms with Gasteiger partial charge in [-0.2, -0.15) is 0 Å². The van der Waals surface area contributed by atoms with Crippen LogP contribution in [0.1, 0.15) is 23.2 Å². The molecule has 0 saturated carbocycles. The average Bonchev–Trinajstić information content (AvgIpc) is 3.12. The molecule has 0 bridgehead atoms. The second-order valence-electron chi connectivity index (χ2n) is 6.50. The first-order chi connectivity index (χ1) is 13.7. The van der Waals surface area contributed by atoms with Crippen LogP contribution in [0.5, 0.6) is 0 Å². The van der Waals surface area contributed by atoms with Crippen molar-refractivity contribution in [2.75, 3.05) is 23.3 Å². The van der Waals surface area contributed by atoms with Crippen molar-refractivity contribution in [2.24, 2.45) is 5.14 Å². The molecule has 1 aliphatic rings. The Hall–Kier alpha value is -3.24. The Labute approximate surface area is 167 Å². The maximum atomic E-state index is 12.2. The summed E-state index contributed by atoms with van der Waals surface area (Å²) in [6.45, 7) is 0.408. The second kappa shape index (κ2) is 8.41. The Balaban J connectivity index is 1.52. The van der Waals surface area contributed by atoms with Gasteiger partial charge in [0, 0.05) is 29.9 Å². The number of nitrogens with one attached hydrogen (secondary N) is 2. The lowest BCUT2D eigenvalue weighted by molar-refractivity contribution is -0.117. The summed E-state index contributed by atoms with van der Waals surface area (Å²) in [6.07, 6.45) is 1.35. The molecular formula is C19H20N4O5S. The molecule has 0 spiro atoms. The monoisotopic (exact) mass is 416 g/mol. The van der Waals surface area contributed by atoms with Crippen LogP contribution in [0.15, 0.2) is 53.4 Å². The van der Waals surface area contributed by atoms with Crippen LogP contribution >= 0.6 is 0 Å². The van der Waals surface area contributed by atoms with Crippen molar-refractivity contribution in [3.05, 3.63) is 54.1 Å². The van der Waals surface area contributed by atoms with Gasteiger partial charge in [0.05, 0.1) is 11.4 Å². The first-order valence-corrected chi connectivity index (χ1v) is 10.4. The zero-order valence-electron chi connectivity index (χ0n) is 15.4. The van der Waals surface area contributed by atoms with E-state index in [2.05, 4.69) is 10.6 Å². The number of rotatable bonds is 6. The van der Waals surface area contributed by atoms with E-state index in [1.54, 1.807) is 29.2 Å². The largest absolute Gasteiger partial charge is 0.343 e. The lowest BCUT2D eigenvalue weighted by atomic mass is 10.2. The van der Waals surface area contributed by atoms with Gasteiger partial charge in [0.1, 0.15) is 0 Å². The van der Waals surface area contributed by atoms with Gasteiger partial charge in [-0.3, -0.25) is 14.4 Å². The predicted molar refractivity (Wildman–Crippen MR) is 107 cm³/mol. The van der Waals surface area contributed by atoms with E-state index in [-0.39, 0.29) is 17.3 Å². The zero-order valence-corrected chi connectivity index (χ0v) is 16.2. The van der Waals surface area contributed by atoms with Gasteiger partial charge in [0.15, 0.2) is 0 Å². The van der Waals surface area contributed by atoms with Crippen molar-refractivity contribution in [3.63, 3.8) is 0 Å². The minimum Gasteiger partial charge on any atom is -0.343 e. The Morgan fingerprint density at radius 2 is 1.69 bits per heavy atom. The molecule has 9 nitrogen and oxygen atoms in total. The van der Waals surface area contributed by atoms with Crippen molar-refractivity contribution < 1.29 is 22.8 Å². The molecule has 1 fully saturated rings. The Bertz CT molecular complexity index is 1030. The fourth-order valence-corrected chi connectivity index (χ4v) is 3.43. The zero-order chi connectivity index (χ0) is 21.0. The quantitative estimate of drug-likeness (QED) is 0.640. The first kappa shape index (κ1) is 20.5. The van der Waals surface area contributed by atoms with Gasteiger partial charge in [-0.15, -0.1) is 0 Å². The summed E-state index contributed by atoms with van der Waals surface area (Å²) in [5.41, 5.74) is 1.48. The Morgan fingerprint density at radius 1 is 1.03 bits per heavy atom. The molecule has 0 aliphatic carbocycles. The maximum Gasteiger partial charge on any atom is 0.251 e. The first-order valence-electron chi connectivity index (χ1n) is 8.85. The lowest BCUT2D eigenvalue weighted by Gasteiger charge is -2.15. The fourth-order valence-electron chi connectivity index (χ4n) is 2.91. The Kier molecular flexibility index (Phi) is 5.95. The van der Waals surface area contributed by atoms with E-state index in [4.69, 9.17) is 5.14 Å². The fraction of sp³-hybridized carbons (Fsp3) is 0.211. The standard InChI is InChI=1S/C19H20N4O5S/c20-29(27,28)16-9-5-14(6-10-16)22-17(24)12-21-19(26)13-3-7-15(8-4-13)23-11-1-2-18(23)25/h3-10H,1-2,11-12H2,(H,21,26)(H,22,24)(H2,20,27,28). The van der Waals surface area contributed by atoms with Gasteiger partial charge >= 0.3 is 0 Å². The molecule has 1 saturated heterocycles. The number of carbonyl (C=O) groups is 3. The van der Waals surface area contributed by atoms with E-state index < -0.39 is 21.8 Å². The molecule has 0 atom stereocenters. The van der Waals surface area contributed by atoms with Gasteiger partial charge in [0.25, 0.3) is 5.91 Å². The third kappa shape index (κ3) is 5.18. The van der Waals surface area contributed by atoms with Crippen LogP contribution in [-0.4, -0.2) is 39.2 Å². The smallest absolute Gasteiger partial charge is 0.251 e. The number of nitrogens with zero attached hydrogens (tertiary/aromatic N) is 1. The number of anilines is 2. The molecule has 2 aromatic carbocycles. The SMILES string of the molecule is NS(=O)(=O)c1ccc(NC(=O)CNC(=O)c2ccc(N3CCCC3=O)cc2)cc1. The highest BCUT2D eigenvalue weighted by atomic mass is 32.2. The highest BCUT2D eigenvalue weighted by Gasteiger charge is 2.21. The number of sulfonamides is 1. The number of carbonyl (C=O) groups excluding carboxylic acids is 3. The van der Waals surface area contributed by atoms with Crippen LogP contribution in [0, 0.1) is 0 Å². The molecule has 1 heterocycles. The van der Waals surface area contributed by atoms with Gasteiger partial charge < -0.3 is 15.5 Å². The summed E-state index contributed by atoms with van der Waals surface area (Å²) in [6, 6.07) is 11.9. The molecular weight excluding hydrogens is 396 g/mol. The third-order valence-corrected chi connectivity index (χ3v) is 5.32. The highest BCUT2D eigenvalue weighted by Crippen LogP contribution is 2.21. The molecule has 3 rings (SSSR count). The van der Waals surface area contributed by atoms with Crippen LogP contribution < -0.4 is 20.7 Å². The summed E-state index contributed by atoms with van der Waals surface area (Å²) in [7, 11) is -3.80. The van der Waals surface area contributed by atoms with Crippen molar-refractivity contribution in [2.45, 2.75) is 17.7 Å². The van der Waals surface area contributed by atoms with Crippen LogP contribution in [0.4, 0.5) is 11.4 Å². The summed E-state index contributed by atoms with van der Waals surface area (Å²) >= 11 is 0. The van der Waals surface area contributed by atoms with E-state index in [1.165, 1.54) is 24.3 Å². The normalized spacial score (nSPS) is 14.0. The van der Waals surface area contributed by atoms with Gasteiger partial charge in [-0.25, -0.2) is 13.6 Å². The molecule has 0 unspecified atom stereocenters. The molecule has 152 valence electrons. The van der Waals surface area contributed by atoms with Crippen molar-refractivity contribution in [1.29, 1.82) is 0 Å². The molecule has 1 aliphatic heterocycles. The average molecular weight is 416 g/mol. The highest BCUT2D eigenvalue weighted by molar-refractivity contribution is 7.89. The number of hydrogen-bond acceptors (Lipinski definition) is 5. The molecule has 0 aromatic heterocycles. The van der Waals surface area contributed by atoms with E-state index in [0.29, 0.717) is 24.2 Å². The minimum absolute atomic E-state index is 0.0657. The van der Waals surface area contributed by atoms with E-state index in [9.17, 15) is 22.8 Å². The molecule has 10 heteroatoms. The minimum atomic E-state index is -3.80. The summed E-state index contributed by atoms with van der Waals surface area (Å²) in [4.78, 5) is 37.5. The summed E-state index contributed by atoms with van der Waals surface area (Å²) < 4.78 is 22.4. The maximum absolute atomic E-state index is 12.2. The second-order valence-corrected chi connectivity index (χ2v) is 8.06. The van der Waals surface area contributed by atoms with Gasteiger partial charge in [0.2, 0.25) is 21.8 Å². The molecule has 2 aromatic rings. The molecule has 0 radical (unpaired) electrons. The van der Waals surface area contributed by atoms with Crippen molar-refractivity contribution in [1.82, 2.24) is 5.32 Å². The molecule has 29 heavy (non-hydrogen) atoms. The van der Waals surface area contributed by atoms with E-state index in [0.717, 1.165) is 12.1 Å². The van der Waals surface area contributed by atoms with Crippen molar-refractivity contribution >= 4 is 39.1 Å². The van der Waals surface area contributed by atoms with Gasteiger partial charge in [-0.05, 0) is 55.0 Å².